The van der Waals surface area contributed by atoms with Crippen LogP contribution in [-0.4, -0.2) is 59.1 Å². The monoisotopic (exact) mass is 414 g/mol. The summed E-state index contributed by atoms with van der Waals surface area (Å²) in [6.45, 7) is -1.20. The molecule has 0 saturated carbocycles. The quantitative estimate of drug-likeness (QED) is 0.646. The van der Waals surface area contributed by atoms with Crippen LogP contribution in [0.2, 0.25) is 0 Å². The summed E-state index contributed by atoms with van der Waals surface area (Å²) in [6, 6.07) is 0.509. The lowest BCUT2D eigenvalue weighted by atomic mass is 10.2. The number of nitrogens with one attached hydrogen (secondary N) is 3. The van der Waals surface area contributed by atoms with Gasteiger partial charge >= 0.3 is 6.18 Å². The standard InChI is InChI=1S/C17H18F4N6O2/c1-22-15(28)11-5-9(6-23-11)13-24-7-10(18)14(26-13)27-4-2-3-12(27)16(29)25-8-17(19,20)21/h5-7,12,23H,2-4,8H2,1H3,(H,22,28)(H,25,29)/t12-/m1/s1. The fraction of sp³-hybridized carbons (Fsp3) is 0.412. The lowest BCUT2D eigenvalue weighted by Crippen LogP contribution is -2.46. The molecule has 3 heterocycles. The van der Waals surface area contributed by atoms with Gasteiger partial charge in [0.15, 0.2) is 17.5 Å². The third-order valence-corrected chi connectivity index (χ3v) is 4.43. The van der Waals surface area contributed by atoms with Crippen LogP contribution in [0.3, 0.4) is 0 Å². The fourth-order valence-corrected chi connectivity index (χ4v) is 3.09. The van der Waals surface area contributed by atoms with E-state index in [1.165, 1.54) is 24.2 Å². The van der Waals surface area contributed by atoms with E-state index in [1.54, 1.807) is 0 Å². The molecule has 1 saturated heterocycles. The predicted octanol–water partition coefficient (Wildman–Crippen LogP) is 1.62. The number of nitrogens with zero attached hydrogens (tertiary/aromatic N) is 3. The average Bonchev–Trinajstić information content (AvgIpc) is 3.35. The van der Waals surface area contributed by atoms with Crippen LogP contribution in [0.5, 0.6) is 0 Å². The van der Waals surface area contributed by atoms with E-state index in [0.29, 0.717) is 12.0 Å². The van der Waals surface area contributed by atoms with Gasteiger partial charge in [0.25, 0.3) is 5.91 Å². The second kappa shape index (κ2) is 8.05. The molecule has 1 aliphatic rings. The molecule has 2 amide bonds. The molecule has 0 bridgehead atoms. The number of alkyl halides is 3. The first-order valence-electron chi connectivity index (χ1n) is 8.74. The number of amides is 2. The summed E-state index contributed by atoms with van der Waals surface area (Å²) in [5.74, 6) is -2.08. The Morgan fingerprint density at radius 1 is 1.38 bits per heavy atom. The van der Waals surface area contributed by atoms with Gasteiger partial charge in [0, 0.05) is 25.4 Å². The second-order valence-corrected chi connectivity index (χ2v) is 6.43. The highest BCUT2D eigenvalue weighted by Gasteiger charge is 2.36. The van der Waals surface area contributed by atoms with Gasteiger partial charge in [-0.25, -0.2) is 14.4 Å². The molecule has 12 heteroatoms. The minimum Gasteiger partial charge on any atom is -0.356 e. The van der Waals surface area contributed by atoms with E-state index in [2.05, 4.69) is 20.3 Å². The molecule has 2 aromatic heterocycles. The van der Waals surface area contributed by atoms with Gasteiger partial charge in [-0.3, -0.25) is 9.59 Å². The summed E-state index contributed by atoms with van der Waals surface area (Å²) in [7, 11) is 1.46. The second-order valence-electron chi connectivity index (χ2n) is 6.43. The molecule has 1 fully saturated rings. The first-order chi connectivity index (χ1) is 13.7. The highest BCUT2D eigenvalue weighted by molar-refractivity contribution is 5.93. The summed E-state index contributed by atoms with van der Waals surface area (Å²) in [6.07, 6.45) is -1.38. The number of anilines is 1. The van der Waals surface area contributed by atoms with Crippen molar-refractivity contribution in [2.45, 2.75) is 25.1 Å². The summed E-state index contributed by atoms with van der Waals surface area (Å²) in [5, 5.41) is 4.28. The molecular weight excluding hydrogens is 396 g/mol. The first-order valence-corrected chi connectivity index (χ1v) is 8.74. The van der Waals surface area contributed by atoms with E-state index in [4.69, 9.17) is 0 Å². The Labute approximate surface area is 162 Å². The molecule has 0 radical (unpaired) electrons. The number of hydrogen-bond donors (Lipinski definition) is 3. The number of halogens is 4. The zero-order valence-corrected chi connectivity index (χ0v) is 15.3. The molecule has 1 aliphatic heterocycles. The maximum Gasteiger partial charge on any atom is 0.405 e. The van der Waals surface area contributed by atoms with Crippen LogP contribution in [0.4, 0.5) is 23.4 Å². The van der Waals surface area contributed by atoms with Crippen LogP contribution >= 0.6 is 0 Å². The van der Waals surface area contributed by atoms with Crippen LogP contribution in [0.15, 0.2) is 18.5 Å². The maximum absolute atomic E-state index is 14.4. The van der Waals surface area contributed by atoms with E-state index in [9.17, 15) is 27.2 Å². The van der Waals surface area contributed by atoms with Crippen LogP contribution < -0.4 is 15.5 Å². The Hall–Kier alpha value is -3.18. The molecule has 156 valence electrons. The zero-order chi connectivity index (χ0) is 21.2. The van der Waals surface area contributed by atoms with Crippen molar-refractivity contribution < 1.29 is 27.2 Å². The van der Waals surface area contributed by atoms with Crippen molar-refractivity contribution in [2.24, 2.45) is 0 Å². The van der Waals surface area contributed by atoms with Crippen LogP contribution in [0, 0.1) is 5.82 Å². The Balaban J connectivity index is 1.84. The van der Waals surface area contributed by atoms with Crippen molar-refractivity contribution in [3.8, 4) is 11.4 Å². The van der Waals surface area contributed by atoms with Crippen LogP contribution in [0.1, 0.15) is 23.3 Å². The van der Waals surface area contributed by atoms with Crippen molar-refractivity contribution in [1.29, 1.82) is 0 Å². The molecule has 2 aromatic rings. The lowest BCUT2D eigenvalue weighted by molar-refractivity contribution is -0.139. The Morgan fingerprint density at radius 2 is 2.14 bits per heavy atom. The molecule has 0 aliphatic carbocycles. The topological polar surface area (TPSA) is 103 Å². The third kappa shape index (κ3) is 4.63. The van der Waals surface area contributed by atoms with E-state index >= 15 is 0 Å². The Morgan fingerprint density at radius 3 is 2.83 bits per heavy atom. The van der Waals surface area contributed by atoms with Gasteiger partial charge in [-0.1, -0.05) is 0 Å². The van der Waals surface area contributed by atoms with Crippen molar-refractivity contribution in [1.82, 2.24) is 25.6 Å². The number of aromatic amines is 1. The highest BCUT2D eigenvalue weighted by atomic mass is 19.4. The Bertz CT molecular complexity index is 914. The van der Waals surface area contributed by atoms with Crippen molar-refractivity contribution in [2.75, 3.05) is 25.0 Å². The molecule has 0 aromatic carbocycles. The van der Waals surface area contributed by atoms with E-state index in [1.807, 2.05) is 5.32 Å². The highest BCUT2D eigenvalue weighted by Crippen LogP contribution is 2.28. The maximum atomic E-state index is 14.4. The van der Waals surface area contributed by atoms with Crippen molar-refractivity contribution in [3.63, 3.8) is 0 Å². The van der Waals surface area contributed by atoms with Gasteiger partial charge in [0.1, 0.15) is 18.3 Å². The van der Waals surface area contributed by atoms with Crippen LogP contribution in [0.25, 0.3) is 11.4 Å². The van der Waals surface area contributed by atoms with Crippen molar-refractivity contribution in [3.05, 3.63) is 30.0 Å². The van der Waals surface area contributed by atoms with Crippen LogP contribution in [-0.2, 0) is 4.79 Å². The predicted molar refractivity (Wildman–Crippen MR) is 94.6 cm³/mol. The zero-order valence-electron chi connectivity index (χ0n) is 15.3. The number of hydrogen-bond acceptors (Lipinski definition) is 5. The summed E-state index contributed by atoms with van der Waals surface area (Å²) in [4.78, 5) is 36.0. The van der Waals surface area contributed by atoms with E-state index < -0.39 is 30.5 Å². The fourth-order valence-electron chi connectivity index (χ4n) is 3.09. The summed E-state index contributed by atoms with van der Waals surface area (Å²) < 4.78 is 51.5. The first kappa shape index (κ1) is 20.6. The summed E-state index contributed by atoms with van der Waals surface area (Å²) >= 11 is 0. The molecule has 29 heavy (non-hydrogen) atoms. The number of H-pyrrole nitrogens is 1. The SMILES string of the molecule is CNC(=O)c1cc(-c2ncc(F)c(N3CCC[C@@H]3C(=O)NCC(F)(F)F)n2)c[nH]1. The van der Waals surface area contributed by atoms with Crippen molar-refractivity contribution >= 4 is 17.6 Å². The number of carbonyl (C=O) groups is 2. The lowest BCUT2D eigenvalue weighted by Gasteiger charge is -2.25. The number of carbonyl (C=O) groups excluding carboxylic acids is 2. The normalized spacial score (nSPS) is 16.7. The third-order valence-electron chi connectivity index (χ3n) is 4.43. The number of rotatable bonds is 5. The summed E-state index contributed by atoms with van der Waals surface area (Å²) in [5.41, 5.74) is 0.671. The average molecular weight is 414 g/mol. The molecule has 3 N–H and O–H groups in total. The van der Waals surface area contributed by atoms with Gasteiger partial charge in [0.2, 0.25) is 5.91 Å². The molecular formula is C17H18F4N6O2. The van der Waals surface area contributed by atoms with Gasteiger partial charge < -0.3 is 20.5 Å². The largest absolute Gasteiger partial charge is 0.405 e. The van der Waals surface area contributed by atoms with E-state index in [-0.39, 0.29) is 36.2 Å². The molecule has 0 unspecified atom stereocenters. The molecule has 3 rings (SSSR count). The van der Waals surface area contributed by atoms with Gasteiger partial charge in [-0.05, 0) is 18.9 Å². The Kier molecular flexibility index (Phi) is 5.71. The minimum absolute atomic E-state index is 0.106. The molecule has 0 spiro atoms. The minimum atomic E-state index is -4.54. The molecule has 8 nitrogen and oxygen atoms in total. The van der Waals surface area contributed by atoms with E-state index in [0.717, 1.165) is 6.20 Å². The van der Waals surface area contributed by atoms with Gasteiger partial charge in [0.05, 0.1) is 6.20 Å². The molecule has 1 atom stereocenters. The van der Waals surface area contributed by atoms with Gasteiger partial charge in [-0.15, -0.1) is 0 Å². The smallest absolute Gasteiger partial charge is 0.356 e. The van der Waals surface area contributed by atoms with Gasteiger partial charge in [-0.2, -0.15) is 13.2 Å². The number of aromatic nitrogens is 3.